The summed E-state index contributed by atoms with van der Waals surface area (Å²) in [6.45, 7) is 17.4. The van der Waals surface area contributed by atoms with Gasteiger partial charge in [-0.15, -0.1) is 0 Å². The maximum atomic E-state index is 13.6. The second-order valence-electron chi connectivity index (χ2n) is 16.8. The average Bonchev–Trinajstić information content (AvgIpc) is 3.84. The van der Waals surface area contributed by atoms with Gasteiger partial charge < -0.3 is 14.7 Å². The van der Waals surface area contributed by atoms with Crippen LogP contribution in [0.5, 0.6) is 0 Å². The van der Waals surface area contributed by atoms with Crippen molar-refractivity contribution >= 4 is 46.6 Å². The van der Waals surface area contributed by atoms with Crippen molar-refractivity contribution in [2.24, 2.45) is 5.41 Å². The summed E-state index contributed by atoms with van der Waals surface area (Å²) in [5, 5.41) is 2.25. The second kappa shape index (κ2) is 13.9. The highest BCUT2D eigenvalue weighted by Crippen LogP contribution is 2.46. The van der Waals surface area contributed by atoms with Gasteiger partial charge in [-0.1, -0.05) is 6.07 Å². The topological polar surface area (TPSA) is 118 Å². The van der Waals surface area contributed by atoms with Gasteiger partial charge in [0.1, 0.15) is 6.04 Å². The highest BCUT2D eigenvalue weighted by atomic mass is 16.2. The normalized spacial score (nSPS) is 23.8. The quantitative estimate of drug-likeness (QED) is 0.270. The Hall–Kier alpha value is -5.54. The van der Waals surface area contributed by atoms with Gasteiger partial charge >= 0.3 is 0 Å². The SMILES string of the molecule is [C-]#[N+]c1ccc(N2CC3(CCN(c4ccc(C(=O)N5CCC(N6Cc7cc8c(cc7C6)C(=O)N(C6CCC(=O)NC6=O)C8=O)CC5)cc4)CC3)C[C@@H]2C)cc1C. The molecule has 1 unspecified atom stereocenters. The lowest BCUT2D eigenvalue weighted by Crippen LogP contribution is -2.54. The zero-order valence-electron chi connectivity index (χ0n) is 32.1. The van der Waals surface area contributed by atoms with Gasteiger partial charge in [0, 0.05) is 81.3 Å². The van der Waals surface area contributed by atoms with Crippen LogP contribution in [0.15, 0.2) is 54.6 Å². The Labute approximate surface area is 327 Å². The molecule has 3 aromatic rings. The molecule has 4 saturated heterocycles. The van der Waals surface area contributed by atoms with Crippen LogP contribution in [0.3, 0.4) is 0 Å². The summed E-state index contributed by atoms with van der Waals surface area (Å²) in [5.41, 5.74) is 7.81. The van der Waals surface area contributed by atoms with E-state index in [-0.39, 0.29) is 24.8 Å². The van der Waals surface area contributed by atoms with Crippen LogP contribution < -0.4 is 15.1 Å². The molecule has 0 aromatic heterocycles. The number of hydrogen-bond acceptors (Lipinski definition) is 8. The van der Waals surface area contributed by atoms with Crippen LogP contribution in [0, 0.1) is 18.9 Å². The molecular formula is C44H47N7O5. The van der Waals surface area contributed by atoms with Crippen molar-refractivity contribution < 1.29 is 24.0 Å². The molecule has 6 heterocycles. The first-order valence-electron chi connectivity index (χ1n) is 20.0. The molecule has 0 bridgehead atoms. The number of nitrogens with one attached hydrogen (secondary N) is 1. The molecule has 4 fully saturated rings. The number of nitrogens with zero attached hydrogens (tertiary/aromatic N) is 6. The Morgan fingerprint density at radius 1 is 0.839 bits per heavy atom. The number of aryl methyl sites for hydroxylation is 1. The van der Waals surface area contributed by atoms with Gasteiger partial charge in [0.25, 0.3) is 17.7 Å². The van der Waals surface area contributed by atoms with E-state index in [0.717, 1.165) is 78.3 Å². The Bertz CT molecular complexity index is 2150. The van der Waals surface area contributed by atoms with E-state index in [1.165, 1.54) is 12.1 Å². The van der Waals surface area contributed by atoms with E-state index < -0.39 is 29.7 Å². The van der Waals surface area contributed by atoms with Crippen LogP contribution in [0.2, 0.25) is 0 Å². The lowest BCUT2D eigenvalue weighted by Gasteiger charge is -2.40. The minimum atomic E-state index is -0.971. The van der Waals surface area contributed by atoms with Crippen LogP contribution in [0.25, 0.3) is 4.85 Å². The summed E-state index contributed by atoms with van der Waals surface area (Å²) in [7, 11) is 0. The third-order valence-electron chi connectivity index (χ3n) is 13.5. The number of likely N-dealkylation sites (tertiary alicyclic amines) is 1. The molecule has 9 rings (SSSR count). The van der Waals surface area contributed by atoms with Crippen LogP contribution in [0.4, 0.5) is 17.1 Å². The van der Waals surface area contributed by atoms with Crippen molar-refractivity contribution in [3.05, 3.63) is 99.4 Å². The zero-order valence-corrected chi connectivity index (χ0v) is 32.1. The predicted octanol–water partition coefficient (Wildman–Crippen LogP) is 5.45. The highest BCUT2D eigenvalue weighted by Gasteiger charge is 2.46. The van der Waals surface area contributed by atoms with Gasteiger partial charge in [0.05, 0.1) is 17.7 Å². The molecule has 2 atom stereocenters. The van der Waals surface area contributed by atoms with Crippen LogP contribution >= 0.6 is 0 Å². The van der Waals surface area contributed by atoms with Crippen LogP contribution in [-0.4, -0.2) is 95.1 Å². The molecule has 0 saturated carbocycles. The first-order chi connectivity index (χ1) is 27.0. The lowest BCUT2D eigenvalue weighted by atomic mass is 9.76. The second-order valence-corrected chi connectivity index (χ2v) is 16.8. The zero-order chi connectivity index (χ0) is 38.9. The van der Waals surface area contributed by atoms with E-state index in [9.17, 15) is 24.0 Å². The summed E-state index contributed by atoms with van der Waals surface area (Å²) in [5.74, 6) is -1.89. The smallest absolute Gasteiger partial charge is 0.262 e. The number of rotatable bonds is 5. The van der Waals surface area contributed by atoms with Gasteiger partial charge in [-0.05, 0) is 123 Å². The van der Waals surface area contributed by atoms with Gasteiger partial charge in [-0.3, -0.25) is 39.1 Å². The monoisotopic (exact) mass is 753 g/mol. The molecule has 1 spiro atoms. The molecule has 12 nitrogen and oxygen atoms in total. The highest BCUT2D eigenvalue weighted by molar-refractivity contribution is 6.23. The Kier molecular flexibility index (Phi) is 8.96. The molecule has 0 aliphatic carbocycles. The Morgan fingerprint density at radius 3 is 2.09 bits per heavy atom. The molecule has 12 heteroatoms. The average molecular weight is 754 g/mol. The summed E-state index contributed by atoms with van der Waals surface area (Å²) >= 11 is 0. The van der Waals surface area contributed by atoms with Gasteiger partial charge in [0.2, 0.25) is 11.8 Å². The summed E-state index contributed by atoms with van der Waals surface area (Å²) in [4.78, 5) is 78.4. The number of imide groups is 2. The van der Waals surface area contributed by atoms with E-state index in [0.29, 0.717) is 54.3 Å². The van der Waals surface area contributed by atoms with E-state index in [4.69, 9.17) is 6.57 Å². The molecular weight excluding hydrogens is 707 g/mol. The third kappa shape index (κ3) is 6.22. The molecule has 5 amide bonds. The summed E-state index contributed by atoms with van der Waals surface area (Å²) < 4.78 is 0. The van der Waals surface area contributed by atoms with Crippen LogP contribution in [0.1, 0.15) is 99.6 Å². The Balaban J connectivity index is 0.766. The van der Waals surface area contributed by atoms with E-state index in [1.54, 1.807) is 0 Å². The molecule has 6 aliphatic rings. The number of anilines is 2. The molecule has 56 heavy (non-hydrogen) atoms. The van der Waals surface area contributed by atoms with Crippen molar-refractivity contribution in [1.29, 1.82) is 0 Å². The van der Waals surface area contributed by atoms with Crippen molar-refractivity contribution in [3.8, 4) is 0 Å². The van der Waals surface area contributed by atoms with E-state index >= 15 is 0 Å². The van der Waals surface area contributed by atoms with Crippen molar-refractivity contribution in [2.75, 3.05) is 42.5 Å². The van der Waals surface area contributed by atoms with E-state index in [2.05, 4.69) is 56.1 Å². The van der Waals surface area contributed by atoms with Crippen molar-refractivity contribution in [3.63, 3.8) is 0 Å². The third-order valence-corrected chi connectivity index (χ3v) is 13.5. The van der Waals surface area contributed by atoms with E-state index in [1.807, 2.05) is 42.2 Å². The summed E-state index contributed by atoms with van der Waals surface area (Å²) in [6, 6.07) is 17.8. The first kappa shape index (κ1) is 36.1. The minimum absolute atomic E-state index is 0.0611. The molecule has 0 radical (unpaired) electrons. The Morgan fingerprint density at radius 2 is 1.48 bits per heavy atom. The largest absolute Gasteiger partial charge is 0.371 e. The number of fused-ring (bicyclic) bond motifs is 2. The number of amides is 5. The summed E-state index contributed by atoms with van der Waals surface area (Å²) in [6.07, 6.45) is 5.36. The van der Waals surface area contributed by atoms with Gasteiger partial charge in [-0.25, -0.2) is 4.85 Å². The number of carbonyl (C=O) groups excluding carboxylic acids is 5. The standard InChI is InChI=1S/C44H47N7O5/c1-27-20-34(8-9-37(27)45-3)50-26-44(23-28(50)2)14-18-47(19-15-44)32-6-4-29(5-7-32)41(54)48-16-12-33(13-17-48)49-24-30-21-35-36(22-31(30)25-49)43(56)51(42(35)55)38-10-11-39(52)46-40(38)53/h4-9,20-22,28,33,38H,10-19,23-26H2,1-2H3,(H,46,52,53)/t28-,38?/m0/s1. The predicted molar refractivity (Wildman–Crippen MR) is 210 cm³/mol. The fourth-order valence-corrected chi connectivity index (χ4v) is 10.3. The number of carbonyl (C=O) groups is 5. The molecule has 3 aromatic carbocycles. The number of hydrogen-bond donors (Lipinski definition) is 1. The minimum Gasteiger partial charge on any atom is -0.371 e. The van der Waals surface area contributed by atoms with Crippen LogP contribution in [-0.2, 0) is 22.7 Å². The molecule has 6 aliphatic heterocycles. The fraction of sp³-hybridized carbons (Fsp3) is 0.455. The fourth-order valence-electron chi connectivity index (χ4n) is 10.3. The maximum Gasteiger partial charge on any atom is 0.262 e. The number of benzene rings is 3. The molecule has 1 N–H and O–H groups in total. The maximum absolute atomic E-state index is 13.6. The van der Waals surface area contributed by atoms with Gasteiger partial charge in [-0.2, -0.15) is 0 Å². The number of piperidine rings is 3. The molecule has 288 valence electrons. The van der Waals surface area contributed by atoms with Gasteiger partial charge in [0.15, 0.2) is 5.69 Å². The van der Waals surface area contributed by atoms with Crippen molar-refractivity contribution in [2.45, 2.75) is 90.0 Å². The van der Waals surface area contributed by atoms with Crippen molar-refractivity contribution in [1.82, 2.24) is 20.0 Å². The first-order valence-corrected chi connectivity index (χ1v) is 20.0. The lowest BCUT2D eigenvalue weighted by molar-refractivity contribution is -0.136.